The van der Waals surface area contributed by atoms with Crippen LogP contribution in [-0.2, 0) is 18.3 Å². The molecule has 0 aromatic carbocycles. The van der Waals surface area contributed by atoms with Gasteiger partial charge in [0, 0.05) is 43.7 Å². The van der Waals surface area contributed by atoms with Gasteiger partial charge in [-0.05, 0) is 6.07 Å². The number of rotatable bonds is 5. The van der Waals surface area contributed by atoms with Crippen LogP contribution in [0.1, 0.15) is 12.1 Å². The Hall–Kier alpha value is -0.840. The average molecular weight is 260 g/mol. The first kappa shape index (κ1) is 11.2. The summed E-state index contributed by atoms with van der Waals surface area (Å²) < 4.78 is 1.82. The normalized spacial score (nSPS) is 10.1. The van der Waals surface area contributed by atoms with E-state index < -0.39 is 0 Å². The van der Waals surface area contributed by atoms with E-state index in [0.29, 0.717) is 18.3 Å². The van der Waals surface area contributed by atoms with Crippen molar-refractivity contribution >= 4 is 21.8 Å². The summed E-state index contributed by atoms with van der Waals surface area (Å²) in [7, 11) is 1.90. The van der Waals surface area contributed by atoms with Gasteiger partial charge < -0.3 is 5.32 Å². The maximum absolute atomic E-state index is 11.1. The van der Waals surface area contributed by atoms with Crippen molar-refractivity contribution < 1.29 is 4.79 Å². The number of aryl methyl sites for hydroxylation is 1. The minimum absolute atomic E-state index is 0.0871. The van der Waals surface area contributed by atoms with Crippen LogP contribution < -0.4 is 5.32 Å². The van der Waals surface area contributed by atoms with Gasteiger partial charge in [0.25, 0.3) is 0 Å². The minimum Gasteiger partial charge on any atom is -0.356 e. The highest BCUT2D eigenvalue weighted by atomic mass is 79.9. The second kappa shape index (κ2) is 5.80. The van der Waals surface area contributed by atoms with E-state index in [0.717, 1.165) is 12.1 Å². The van der Waals surface area contributed by atoms with Crippen LogP contribution in [0.25, 0.3) is 0 Å². The molecule has 1 aromatic heterocycles. The number of carbonyl (C=O) groups is 1. The quantitative estimate of drug-likeness (QED) is 0.798. The maximum Gasteiger partial charge on any atom is 0.220 e. The molecule has 4 nitrogen and oxygen atoms in total. The van der Waals surface area contributed by atoms with Crippen molar-refractivity contribution in [2.45, 2.75) is 12.8 Å². The minimum atomic E-state index is 0.0871. The molecule has 1 N–H and O–H groups in total. The molecular formula is C9H14BrN3O. The molecule has 0 aliphatic heterocycles. The number of carbonyl (C=O) groups excluding carboxylic acids is 1. The second-order valence-corrected chi connectivity index (χ2v) is 3.78. The van der Waals surface area contributed by atoms with E-state index in [1.54, 1.807) is 6.20 Å². The Labute approximate surface area is 91.8 Å². The van der Waals surface area contributed by atoms with Crippen molar-refractivity contribution in [2.24, 2.45) is 7.05 Å². The topological polar surface area (TPSA) is 46.9 Å². The summed E-state index contributed by atoms with van der Waals surface area (Å²) in [5, 5.41) is 7.60. The first-order chi connectivity index (χ1) is 6.74. The first-order valence-electron chi connectivity index (χ1n) is 4.53. The number of nitrogens with zero attached hydrogens (tertiary/aromatic N) is 2. The van der Waals surface area contributed by atoms with Crippen LogP contribution in [0.4, 0.5) is 0 Å². The molecule has 1 aromatic rings. The molecule has 0 spiro atoms. The summed E-state index contributed by atoms with van der Waals surface area (Å²) in [6, 6.07) is 1.96. The largest absolute Gasteiger partial charge is 0.356 e. The number of hydrogen-bond donors (Lipinski definition) is 1. The van der Waals surface area contributed by atoms with Crippen LogP contribution in [-0.4, -0.2) is 27.6 Å². The lowest BCUT2D eigenvalue weighted by atomic mass is 10.3. The highest BCUT2D eigenvalue weighted by Crippen LogP contribution is 1.96. The molecule has 78 valence electrons. The van der Waals surface area contributed by atoms with Gasteiger partial charge >= 0.3 is 0 Å². The third-order valence-electron chi connectivity index (χ3n) is 1.95. The van der Waals surface area contributed by atoms with Crippen LogP contribution in [0.5, 0.6) is 0 Å². The van der Waals surface area contributed by atoms with E-state index >= 15 is 0 Å². The summed E-state index contributed by atoms with van der Waals surface area (Å²) in [5.74, 6) is 0.0871. The van der Waals surface area contributed by atoms with Crippen LogP contribution in [0.15, 0.2) is 12.3 Å². The molecule has 0 saturated heterocycles. The van der Waals surface area contributed by atoms with Gasteiger partial charge in [-0.3, -0.25) is 9.48 Å². The Kier molecular flexibility index (Phi) is 4.65. The molecule has 0 atom stereocenters. The molecule has 14 heavy (non-hydrogen) atoms. The van der Waals surface area contributed by atoms with Gasteiger partial charge in [-0.1, -0.05) is 15.9 Å². The van der Waals surface area contributed by atoms with Crippen LogP contribution in [0.3, 0.4) is 0 Å². The van der Waals surface area contributed by atoms with Crippen LogP contribution in [0.2, 0.25) is 0 Å². The lowest BCUT2D eigenvalue weighted by molar-refractivity contribution is -0.120. The fraction of sp³-hybridized carbons (Fsp3) is 0.556. The van der Waals surface area contributed by atoms with Crippen molar-refractivity contribution in [2.75, 3.05) is 11.9 Å². The van der Waals surface area contributed by atoms with E-state index in [2.05, 4.69) is 26.3 Å². The third-order valence-corrected chi connectivity index (χ3v) is 2.34. The zero-order valence-electron chi connectivity index (χ0n) is 8.16. The van der Waals surface area contributed by atoms with Crippen molar-refractivity contribution in [1.29, 1.82) is 0 Å². The average Bonchev–Trinajstić information content (AvgIpc) is 2.52. The predicted octanol–water partition coefficient (Wildman–Crippen LogP) is 0.864. The SMILES string of the molecule is Cn1nccc1CCNC(=O)CCBr. The molecular weight excluding hydrogens is 246 g/mol. The third kappa shape index (κ3) is 3.49. The molecule has 1 amide bonds. The Morgan fingerprint density at radius 1 is 1.71 bits per heavy atom. The maximum atomic E-state index is 11.1. The number of amides is 1. The fourth-order valence-electron chi connectivity index (χ4n) is 1.15. The molecule has 0 bridgehead atoms. The van der Waals surface area contributed by atoms with Crippen molar-refractivity contribution in [3.63, 3.8) is 0 Å². The number of halogens is 1. The van der Waals surface area contributed by atoms with Crippen molar-refractivity contribution in [3.05, 3.63) is 18.0 Å². The lowest BCUT2D eigenvalue weighted by Gasteiger charge is -2.04. The summed E-state index contributed by atoms with van der Waals surface area (Å²) in [6.07, 6.45) is 3.12. The van der Waals surface area contributed by atoms with E-state index in [-0.39, 0.29) is 5.91 Å². The van der Waals surface area contributed by atoms with Crippen LogP contribution in [0, 0.1) is 0 Å². The van der Waals surface area contributed by atoms with Gasteiger partial charge in [0.05, 0.1) is 0 Å². The second-order valence-electron chi connectivity index (χ2n) is 2.99. The van der Waals surface area contributed by atoms with E-state index in [9.17, 15) is 4.79 Å². The van der Waals surface area contributed by atoms with Crippen molar-refractivity contribution in [1.82, 2.24) is 15.1 Å². The highest BCUT2D eigenvalue weighted by Gasteiger charge is 2.01. The standard InChI is InChI=1S/C9H14BrN3O/c1-13-8(4-7-12-13)3-6-11-9(14)2-5-10/h4,7H,2-3,5-6H2,1H3,(H,11,14). The monoisotopic (exact) mass is 259 g/mol. The lowest BCUT2D eigenvalue weighted by Crippen LogP contribution is -2.26. The summed E-state index contributed by atoms with van der Waals surface area (Å²) in [5.41, 5.74) is 1.13. The smallest absolute Gasteiger partial charge is 0.220 e. The van der Waals surface area contributed by atoms with E-state index in [1.807, 2.05) is 17.8 Å². The van der Waals surface area contributed by atoms with Gasteiger partial charge in [0.2, 0.25) is 5.91 Å². The van der Waals surface area contributed by atoms with Crippen molar-refractivity contribution in [3.8, 4) is 0 Å². The molecule has 0 radical (unpaired) electrons. The zero-order chi connectivity index (χ0) is 10.4. The highest BCUT2D eigenvalue weighted by molar-refractivity contribution is 9.09. The summed E-state index contributed by atoms with van der Waals surface area (Å²) in [4.78, 5) is 11.1. The van der Waals surface area contributed by atoms with Gasteiger partial charge in [-0.25, -0.2) is 0 Å². The number of alkyl halides is 1. The molecule has 5 heteroatoms. The molecule has 0 aliphatic rings. The molecule has 1 heterocycles. The number of aromatic nitrogens is 2. The van der Waals surface area contributed by atoms with Crippen LogP contribution >= 0.6 is 15.9 Å². The zero-order valence-corrected chi connectivity index (χ0v) is 9.75. The molecule has 1 rings (SSSR count). The van der Waals surface area contributed by atoms with E-state index in [1.165, 1.54) is 0 Å². The van der Waals surface area contributed by atoms with E-state index in [4.69, 9.17) is 0 Å². The summed E-state index contributed by atoms with van der Waals surface area (Å²) in [6.45, 7) is 0.672. The predicted molar refractivity (Wildman–Crippen MR) is 58.3 cm³/mol. The Balaban J connectivity index is 2.22. The Bertz CT molecular complexity index is 298. The summed E-state index contributed by atoms with van der Waals surface area (Å²) >= 11 is 3.22. The molecule has 0 fully saturated rings. The van der Waals surface area contributed by atoms with Gasteiger partial charge in [-0.2, -0.15) is 5.10 Å². The number of nitrogens with one attached hydrogen (secondary N) is 1. The van der Waals surface area contributed by atoms with Gasteiger partial charge in [0.1, 0.15) is 0 Å². The Morgan fingerprint density at radius 2 is 2.50 bits per heavy atom. The number of hydrogen-bond acceptors (Lipinski definition) is 2. The van der Waals surface area contributed by atoms with Gasteiger partial charge in [-0.15, -0.1) is 0 Å². The first-order valence-corrected chi connectivity index (χ1v) is 5.65. The molecule has 0 aliphatic carbocycles. The Morgan fingerprint density at radius 3 is 3.07 bits per heavy atom. The fourth-order valence-corrected chi connectivity index (χ4v) is 1.51. The van der Waals surface area contributed by atoms with Gasteiger partial charge in [0.15, 0.2) is 0 Å². The molecule has 0 saturated carbocycles. The molecule has 0 unspecified atom stereocenters.